The Hall–Kier alpha value is -0.720. The summed E-state index contributed by atoms with van der Waals surface area (Å²) >= 11 is 1.43. The van der Waals surface area contributed by atoms with Crippen LogP contribution in [-0.2, 0) is 0 Å². The molecule has 0 aliphatic carbocycles. The summed E-state index contributed by atoms with van der Waals surface area (Å²) in [4.78, 5) is 20.5. The van der Waals surface area contributed by atoms with Crippen molar-refractivity contribution in [1.82, 2.24) is 14.9 Å². The first kappa shape index (κ1) is 17.3. The molecule has 0 spiro atoms. The first-order valence-electron chi connectivity index (χ1n) is 5.52. The maximum atomic E-state index is 11.7. The molecule has 5 nitrogen and oxygen atoms in total. The van der Waals surface area contributed by atoms with Crippen molar-refractivity contribution in [2.45, 2.75) is 24.9 Å². The monoisotopic (exact) mass is 292 g/mol. The molecule has 0 bridgehead atoms. The Morgan fingerprint density at radius 2 is 2.06 bits per heavy atom. The third kappa shape index (κ3) is 4.88. The number of aromatic nitrogens is 2. The van der Waals surface area contributed by atoms with E-state index in [0.717, 1.165) is 12.3 Å². The lowest BCUT2D eigenvalue weighted by atomic mass is 10.1. The molecule has 1 aromatic heterocycles. The van der Waals surface area contributed by atoms with Crippen LogP contribution >= 0.6 is 11.8 Å². The molecular formula is C11H19ClN3O2S-. The maximum absolute atomic E-state index is 11.7. The van der Waals surface area contributed by atoms with Crippen LogP contribution in [0.3, 0.4) is 0 Å². The first-order valence-corrected chi connectivity index (χ1v) is 6.51. The molecule has 0 saturated carbocycles. The van der Waals surface area contributed by atoms with E-state index in [1.54, 1.807) is 0 Å². The molecule has 0 aliphatic rings. The van der Waals surface area contributed by atoms with Gasteiger partial charge in [0, 0.05) is 12.3 Å². The molecule has 0 amide bonds. The van der Waals surface area contributed by atoms with Gasteiger partial charge in [0.2, 0.25) is 5.88 Å². The van der Waals surface area contributed by atoms with Crippen molar-refractivity contribution < 1.29 is 17.5 Å². The van der Waals surface area contributed by atoms with Gasteiger partial charge in [-0.15, -0.1) is 0 Å². The van der Waals surface area contributed by atoms with Gasteiger partial charge in [-0.3, -0.25) is 4.79 Å². The van der Waals surface area contributed by atoms with Crippen LogP contribution in [-0.4, -0.2) is 46.4 Å². The normalized spacial score (nSPS) is 10.8. The Morgan fingerprint density at radius 3 is 2.50 bits per heavy atom. The predicted molar refractivity (Wildman–Crippen MR) is 69.9 cm³/mol. The number of H-pyrrole nitrogens is 1. The van der Waals surface area contributed by atoms with E-state index in [4.69, 9.17) is 0 Å². The van der Waals surface area contributed by atoms with Crippen LogP contribution in [0.2, 0.25) is 0 Å². The summed E-state index contributed by atoms with van der Waals surface area (Å²) in [5.74, 6) is 0.624. The van der Waals surface area contributed by atoms with Crippen LogP contribution in [0.4, 0.5) is 0 Å². The van der Waals surface area contributed by atoms with Crippen LogP contribution in [0, 0.1) is 0 Å². The Morgan fingerprint density at radius 1 is 1.44 bits per heavy atom. The van der Waals surface area contributed by atoms with Gasteiger partial charge >= 0.3 is 0 Å². The van der Waals surface area contributed by atoms with Gasteiger partial charge in [0.15, 0.2) is 5.16 Å². The lowest BCUT2D eigenvalue weighted by Crippen LogP contribution is -3.00. The third-order valence-corrected chi connectivity index (χ3v) is 3.12. The maximum Gasteiger partial charge on any atom is 0.258 e. The highest BCUT2D eigenvalue weighted by molar-refractivity contribution is 7.99. The van der Waals surface area contributed by atoms with Gasteiger partial charge in [0.25, 0.3) is 5.56 Å². The lowest BCUT2D eigenvalue weighted by Gasteiger charge is -2.10. The van der Waals surface area contributed by atoms with E-state index in [-0.39, 0.29) is 29.8 Å². The van der Waals surface area contributed by atoms with Crippen LogP contribution < -0.4 is 18.0 Å². The Balaban J connectivity index is 0.00000289. The average molecular weight is 293 g/mol. The Bertz CT molecular complexity index is 435. The zero-order valence-electron chi connectivity index (χ0n) is 11.0. The van der Waals surface area contributed by atoms with E-state index >= 15 is 0 Å². The highest BCUT2D eigenvalue weighted by atomic mass is 35.5. The lowest BCUT2D eigenvalue weighted by molar-refractivity contribution is -0.00000517. The molecule has 0 aromatic carbocycles. The van der Waals surface area contributed by atoms with E-state index in [1.807, 2.05) is 32.8 Å². The second-order valence-corrected chi connectivity index (χ2v) is 5.50. The van der Waals surface area contributed by atoms with Crippen molar-refractivity contribution in [3.05, 3.63) is 15.9 Å². The van der Waals surface area contributed by atoms with E-state index in [1.165, 1.54) is 11.8 Å². The predicted octanol–water partition coefficient (Wildman–Crippen LogP) is -1.74. The fourth-order valence-corrected chi connectivity index (χ4v) is 2.33. The molecular weight excluding hydrogens is 274 g/mol. The molecule has 104 valence electrons. The standard InChI is InChI=1S/C11H19N3O2S.ClH/c1-7(2)8-9(15)12-11(13-10(8)16)17-6-5-14(3)4;/h7H,5-6H2,1-4H3,(H2,12,13,15,16);1H/p-1. The molecule has 0 aliphatic heterocycles. The number of hydrogen-bond donors (Lipinski definition) is 2. The molecule has 1 heterocycles. The van der Waals surface area contributed by atoms with Crippen molar-refractivity contribution in [2.24, 2.45) is 0 Å². The fraction of sp³-hybridized carbons (Fsp3) is 0.636. The zero-order chi connectivity index (χ0) is 13.0. The number of rotatable bonds is 5. The van der Waals surface area contributed by atoms with Gasteiger partial charge < -0.3 is 27.4 Å². The topological polar surface area (TPSA) is 69.2 Å². The third-order valence-electron chi connectivity index (χ3n) is 2.27. The molecule has 0 unspecified atom stereocenters. The number of nitrogens with one attached hydrogen (secondary N) is 1. The summed E-state index contributed by atoms with van der Waals surface area (Å²) in [6, 6.07) is 0. The number of nitrogens with zero attached hydrogens (tertiary/aromatic N) is 2. The second kappa shape index (κ2) is 7.66. The number of aromatic hydroxyl groups is 1. The van der Waals surface area contributed by atoms with E-state index < -0.39 is 0 Å². The summed E-state index contributed by atoms with van der Waals surface area (Å²) in [7, 11) is 3.96. The number of hydrogen-bond acceptors (Lipinski definition) is 5. The van der Waals surface area contributed by atoms with E-state index in [9.17, 15) is 9.90 Å². The summed E-state index contributed by atoms with van der Waals surface area (Å²) < 4.78 is 0. The number of halogens is 1. The average Bonchev–Trinajstić information content (AvgIpc) is 2.14. The minimum atomic E-state index is -0.250. The van der Waals surface area contributed by atoms with Gasteiger partial charge in [-0.05, 0) is 20.0 Å². The molecule has 0 fully saturated rings. The van der Waals surface area contributed by atoms with Gasteiger partial charge in [-0.25, -0.2) is 0 Å². The zero-order valence-corrected chi connectivity index (χ0v) is 12.6. The van der Waals surface area contributed by atoms with Crippen molar-refractivity contribution in [1.29, 1.82) is 0 Å². The quantitative estimate of drug-likeness (QED) is 0.498. The highest BCUT2D eigenvalue weighted by Crippen LogP contribution is 2.21. The van der Waals surface area contributed by atoms with E-state index in [2.05, 4.69) is 9.97 Å². The summed E-state index contributed by atoms with van der Waals surface area (Å²) in [5, 5.41) is 10.2. The minimum Gasteiger partial charge on any atom is -1.00 e. The SMILES string of the molecule is CC(C)c1c(O)nc(SCCN(C)C)[nH]c1=O.[Cl-]. The highest BCUT2D eigenvalue weighted by Gasteiger charge is 2.14. The molecule has 18 heavy (non-hydrogen) atoms. The number of thioether (sulfide) groups is 1. The van der Waals surface area contributed by atoms with Gasteiger partial charge in [-0.2, -0.15) is 4.98 Å². The van der Waals surface area contributed by atoms with Gasteiger partial charge in [0.1, 0.15) is 0 Å². The largest absolute Gasteiger partial charge is 1.00 e. The first-order chi connectivity index (χ1) is 7.91. The summed E-state index contributed by atoms with van der Waals surface area (Å²) in [6.45, 7) is 4.59. The molecule has 0 saturated heterocycles. The second-order valence-electron chi connectivity index (χ2n) is 4.41. The molecule has 0 atom stereocenters. The Labute approximate surface area is 117 Å². The smallest absolute Gasteiger partial charge is 0.258 e. The van der Waals surface area contributed by atoms with Crippen LogP contribution in [0.1, 0.15) is 25.3 Å². The number of aromatic amines is 1. The van der Waals surface area contributed by atoms with Crippen LogP contribution in [0.5, 0.6) is 5.88 Å². The molecule has 2 N–H and O–H groups in total. The van der Waals surface area contributed by atoms with Gasteiger partial charge in [0.05, 0.1) is 5.56 Å². The Kier molecular flexibility index (Phi) is 7.35. The fourth-order valence-electron chi connectivity index (χ4n) is 1.36. The van der Waals surface area contributed by atoms with E-state index in [0.29, 0.717) is 10.7 Å². The van der Waals surface area contributed by atoms with Crippen LogP contribution in [0.25, 0.3) is 0 Å². The van der Waals surface area contributed by atoms with Gasteiger partial charge in [-0.1, -0.05) is 25.6 Å². The van der Waals surface area contributed by atoms with Crippen LogP contribution in [0.15, 0.2) is 9.95 Å². The van der Waals surface area contributed by atoms with Crippen molar-refractivity contribution in [3.8, 4) is 5.88 Å². The molecule has 0 radical (unpaired) electrons. The van der Waals surface area contributed by atoms with Crippen molar-refractivity contribution >= 4 is 11.8 Å². The molecule has 1 rings (SSSR count). The molecule has 7 heteroatoms. The summed E-state index contributed by atoms with van der Waals surface area (Å²) in [5.41, 5.74) is 0.0989. The van der Waals surface area contributed by atoms with Crippen molar-refractivity contribution in [3.63, 3.8) is 0 Å². The molecule has 1 aromatic rings. The van der Waals surface area contributed by atoms with Crippen molar-refractivity contribution in [2.75, 3.05) is 26.4 Å². The summed E-state index contributed by atoms with van der Waals surface area (Å²) in [6.07, 6.45) is 0. The minimum absolute atomic E-state index is 0.